The lowest BCUT2D eigenvalue weighted by atomic mass is 10.1. The van der Waals surface area contributed by atoms with Crippen molar-refractivity contribution in [3.8, 4) is 6.07 Å². The van der Waals surface area contributed by atoms with E-state index in [0.717, 1.165) is 0 Å². The maximum absolute atomic E-state index is 13.7. The minimum absolute atomic E-state index is 0.0538. The van der Waals surface area contributed by atoms with Crippen molar-refractivity contribution >= 4 is 17.5 Å². The molecule has 108 valence electrons. The van der Waals surface area contributed by atoms with Gasteiger partial charge in [0.25, 0.3) is 0 Å². The maximum Gasteiger partial charge on any atom is 0.247 e. The van der Waals surface area contributed by atoms with Crippen LogP contribution in [0.4, 0.5) is 4.39 Å². The van der Waals surface area contributed by atoms with Gasteiger partial charge < -0.3 is 14.8 Å². The molecule has 5 nitrogen and oxygen atoms in total. The highest BCUT2D eigenvalue weighted by atomic mass is 35.5. The zero-order chi connectivity index (χ0) is 15.0. The van der Waals surface area contributed by atoms with Gasteiger partial charge in [0.05, 0.1) is 19.3 Å². The van der Waals surface area contributed by atoms with Crippen LogP contribution in [-0.2, 0) is 14.3 Å². The highest BCUT2D eigenvalue weighted by molar-refractivity contribution is 6.31. The van der Waals surface area contributed by atoms with Crippen molar-refractivity contribution in [3.05, 3.63) is 34.6 Å². The molecule has 0 fully saturated rings. The molecule has 1 amide bonds. The van der Waals surface area contributed by atoms with E-state index >= 15 is 0 Å². The molecule has 7 heteroatoms. The Bertz CT molecular complexity index is 485. The molecule has 0 aliphatic heterocycles. The van der Waals surface area contributed by atoms with E-state index < -0.39 is 17.8 Å². The number of hydrogen-bond donors (Lipinski definition) is 1. The standard InChI is InChI=1S/C13H14ClFN2O3/c1-19-5-6-20-8-12(18)17-11(7-16)13-9(14)3-2-4-10(13)15/h2-4,11H,5-6,8H2,1H3,(H,17,18)/t11-/m0/s1. The molecule has 1 rings (SSSR count). The molecule has 0 heterocycles. The van der Waals surface area contributed by atoms with Crippen LogP contribution in [0.1, 0.15) is 11.6 Å². The lowest BCUT2D eigenvalue weighted by Crippen LogP contribution is -2.32. The molecule has 0 bridgehead atoms. The second-order valence-corrected chi connectivity index (χ2v) is 4.22. The molecule has 1 N–H and O–H groups in total. The Morgan fingerprint density at radius 2 is 2.30 bits per heavy atom. The quantitative estimate of drug-likeness (QED) is 0.780. The van der Waals surface area contributed by atoms with Gasteiger partial charge in [0.2, 0.25) is 5.91 Å². The van der Waals surface area contributed by atoms with E-state index in [1.54, 1.807) is 6.07 Å². The third-order valence-corrected chi connectivity index (χ3v) is 2.72. The number of carbonyl (C=O) groups is 1. The normalized spacial score (nSPS) is 11.7. The summed E-state index contributed by atoms with van der Waals surface area (Å²) in [7, 11) is 1.51. The zero-order valence-corrected chi connectivity index (χ0v) is 11.6. The van der Waals surface area contributed by atoms with Crippen LogP contribution in [0.2, 0.25) is 5.02 Å². The van der Waals surface area contributed by atoms with Crippen molar-refractivity contribution < 1.29 is 18.7 Å². The van der Waals surface area contributed by atoms with Gasteiger partial charge in [-0.15, -0.1) is 0 Å². The summed E-state index contributed by atoms with van der Waals surface area (Å²) in [4.78, 5) is 11.6. The summed E-state index contributed by atoms with van der Waals surface area (Å²) in [5.41, 5.74) is -0.0538. The van der Waals surface area contributed by atoms with E-state index in [1.165, 1.54) is 25.3 Å². The number of nitrogens with zero attached hydrogens (tertiary/aromatic N) is 1. The molecule has 0 saturated carbocycles. The van der Waals surface area contributed by atoms with Gasteiger partial charge >= 0.3 is 0 Å². The van der Waals surface area contributed by atoms with Crippen molar-refractivity contribution in [2.45, 2.75) is 6.04 Å². The molecule has 0 aliphatic carbocycles. The van der Waals surface area contributed by atoms with Crippen LogP contribution in [0.5, 0.6) is 0 Å². The van der Waals surface area contributed by atoms with Crippen LogP contribution in [0.15, 0.2) is 18.2 Å². The van der Waals surface area contributed by atoms with E-state index in [0.29, 0.717) is 6.61 Å². The van der Waals surface area contributed by atoms with Crippen LogP contribution in [-0.4, -0.2) is 32.8 Å². The molecular formula is C13H14ClFN2O3. The van der Waals surface area contributed by atoms with Crippen molar-refractivity contribution in [1.82, 2.24) is 5.32 Å². The van der Waals surface area contributed by atoms with Gasteiger partial charge in [0, 0.05) is 17.7 Å². The molecule has 0 aromatic heterocycles. The van der Waals surface area contributed by atoms with Gasteiger partial charge in [-0.05, 0) is 12.1 Å². The largest absolute Gasteiger partial charge is 0.382 e. The number of ether oxygens (including phenoxy) is 2. The number of nitriles is 1. The first kappa shape index (κ1) is 16.4. The fourth-order valence-corrected chi connectivity index (χ4v) is 1.74. The molecular weight excluding hydrogens is 287 g/mol. The molecule has 0 aliphatic rings. The number of methoxy groups -OCH3 is 1. The topological polar surface area (TPSA) is 71.3 Å². The van der Waals surface area contributed by atoms with Gasteiger partial charge in [0.1, 0.15) is 18.5 Å². The summed E-state index contributed by atoms with van der Waals surface area (Å²) in [5.74, 6) is -1.18. The van der Waals surface area contributed by atoms with E-state index in [2.05, 4.69) is 5.32 Å². The van der Waals surface area contributed by atoms with E-state index in [4.69, 9.17) is 26.3 Å². The van der Waals surface area contributed by atoms with Crippen molar-refractivity contribution in [2.24, 2.45) is 0 Å². The van der Waals surface area contributed by atoms with Gasteiger partial charge in [-0.3, -0.25) is 4.79 Å². The Morgan fingerprint density at radius 3 is 2.90 bits per heavy atom. The maximum atomic E-state index is 13.7. The van der Waals surface area contributed by atoms with E-state index in [1.807, 2.05) is 0 Å². The minimum atomic E-state index is -1.16. The van der Waals surface area contributed by atoms with Crippen LogP contribution < -0.4 is 5.32 Å². The number of hydrogen-bond acceptors (Lipinski definition) is 4. The van der Waals surface area contributed by atoms with E-state index in [9.17, 15) is 9.18 Å². The van der Waals surface area contributed by atoms with Crippen molar-refractivity contribution in [3.63, 3.8) is 0 Å². The second kappa shape index (κ2) is 8.48. The Hall–Kier alpha value is -1.68. The Labute approximate surface area is 121 Å². The number of carbonyl (C=O) groups excluding carboxylic acids is 1. The summed E-state index contributed by atoms with van der Waals surface area (Å²) < 4.78 is 23.4. The predicted octanol–water partition coefficient (Wildman–Crippen LogP) is 1.82. The highest BCUT2D eigenvalue weighted by Gasteiger charge is 2.20. The third kappa shape index (κ3) is 4.78. The number of benzene rings is 1. The van der Waals surface area contributed by atoms with Gasteiger partial charge in [-0.25, -0.2) is 4.39 Å². The molecule has 1 atom stereocenters. The average molecular weight is 301 g/mol. The van der Waals surface area contributed by atoms with Crippen LogP contribution >= 0.6 is 11.6 Å². The molecule has 1 aromatic rings. The number of halogens is 2. The number of amides is 1. The fraction of sp³-hybridized carbons (Fsp3) is 0.385. The average Bonchev–Trinajstić information content (AvgIpc) is 2.42. The van der Waals surface area contributed by atoms with Gasteiger partial charge in [-0.2, -0.15) is 5.26 Å². The molecule has 20 heavy (non-hydrogen) atoms. The summed E-state index contributed by atoms with van der Waals surface area (Å²) in [6, 6.07) is 4.68. The van der Waals surface area contributed by atoms with Crippen LogP contribution in [0.25, 0.3) is 0 Å². The van der Waals surface area contributed by atoms with Crippen LogP contribution in [0.3, 0.4) is 0 Å². The minimum Gasteiger partial charge on any atom is -0.382 e. The summed E-state index contributed by atoms with van der Waals surface area (Å²) in [5, 5.41) is 11.5. The van der Waals surface area contributed by atoms with E-state index in [-0.39, 0.29) is 23.8 Å². The summed E-state index contributed by atoms with van der Waals surface area (Å²) in [6.45, 7) is 0.364. The first-order valence-electron chi connectivity index (χ1n) is 5.79. The zero-order valence-electron chi connectivity index (χ0n) is 10.9. The molecule has 0 unspecified atom stereocenters. The third-order valence-electron chi connectivity index (χ3n) is 2.39. The molecule has 1 aromatic carbocycles. The Balaban J connectivity index is 2.64. The lowest BCUT2D eigenvalue weighted by Gasteiger charge is -2.14. The number of rotatable bonds is 7. The molecule has 0 radical (unpaired) electrons. The summed E-state index contributed by atoms with van der Waals surface area (Å²) in [6.07, 6.45) is 0. The van der Waals surface area contributed by atoms with Gasteiger partial charge in [-0.1, -0.05) is 17.7 Å². The first-order valence-corrected chi connectivity index (χ1v) is 6.17. The Kier molecular flexibility index (Phi) is 6.94. The Morgan fingerprint density at radius 1 is 1.55 bits per heavy atom. The van der Waals surface area contributed by atoms with Crippen LogP contribution in [0, 0.1) is 17.1 Å². The monoisotopic (exact) mass is 300 g/mol. The molecule has 0 saturated heterocycles. The first-order chi connectivity index (χ1) is 9.60. The smallest absolute Gasteiger partial charge is 0.247 e. The predicted molar refractivity (Wildman–Crippen MR) is 70.6 cm³/mol. The lowest BCUT2D eigenvalue weighted by molar-refractivity contribution is -0.126. The second-order valence-electron chi connectivity index (χ2n) is 3.81. The van der Waals surface area contributed by atoms with Crippen molar-refractivity contribution in [2.75, 3.05) is 26.9 Å². The number of nitrogens with one attached hydrogen (secondary N) is 1. The molecule has 0 spiro atoms. The summed E-state index contributed by atoms with van der Waals surface area (Å²) >= 11 is 5.84. The highest BCUT2D eigenvalue weighted by Crippen LogP contribution is 2.25. The SMILES string of the molecule is COCCOCC(=O)N[C@@H](C#N)c1c(F)cccc1Cl. The fourth-order valence-electron chi connectivity index (χ4n) is 1.47. The van der Waals surface area contributed by atoms with Gasteiger partial charge in [0.15, 0.2) is 0 Å². The van der Waals surface area contributed by atoms with Crippen molar-refractivity contribution in [1.29, 1.82) is 5.26 Å².